The van der Waals surface area contributed by atoms with Crippen LogP contribution in [0.5, 0.6) is 0 Å². The molecule has 0 aliphatic carbocycles. The average Bonchev–Trinajstić information content (AvgIpc) is 2.51. The maximum Gasteiger partial charge on any atom is 0.0211 e. The van der Waals surface area contributed by atoms with Crippen molar-refractivity contribution in [3.63, 3.8) is 0 Å². The van der Waals surface area contributed by atoms with Crippen LogP contribution in [0.15, 0.2) is 36.4 Å². The first-order chi connectivity index (χ1) is 12.9. The molecule has 0 fully saturated rings. The molecule has 0 nitrogen and oxygen atoms in total. The summed E-state index contributed by atoms with van der Waals surface area (Å²) in [6.45, 7) is 27.9. The maximum absolute atomic E-state index is 2.50. The molecule has 0 heteroatoms. The Kier molecular flexibility index (Phi) is 6.22. The summed E-state index contributed by atoms with van der Waals surface area (Å²) in [5.74, 6) is 0. The van der Waals surface area contributed by atoms with Gasteiger partial charge in [-0.05, 0) is 55.0 Å². The zero-order chi connectivity index (χ0) is 22.4. The van der Waals surface area contributed by atoms with Crippen molar-refractivity contribution in [1.82, 2.24) is 0 Å². The van der Waals surface area contributed by atoms with Gasteiger partial charge in [0.1, 0.15) is 0 Å². The van der Waals surface area contributed by atoms with Crippen molar-refractivity contribution in [2.24, 2.45) is 0 Å². The minimum absolute atomic E-state index is 0.0890. The van der Waals surface area contributed by atoms with Gasteiger partial charge in [-0.25, -0.2) is 0 Å². The van der Waals surface area contributed by atoms with Gasteiger partial charge in [-0.15, -0.1) is 0 Å². The first-order valence-electron chi connectivity index (χ1n) is 11.1. The number of rotatable bonds is 2. The molecule has 0 atom stereocenters. The van der Waals surface area contributed by atoms with E-state index in [-0.39, 0.29) is 21.7 Å². The third kappa shape index (κ3) is 5.33. The molecule has 0 aliphatic heterocycles. The molecule has 0 heterocycles. The van der Waals surface area contributed by atoms with Crippen LogP contribution in [-0.2, 0) is 21.7 Å². The minimum atomic E-state index is 0.0890. The molecule has 0 saturated heterocycles. The molecule has 0 unspecified atom stereocenters. The van der Waals surface area contributed by atoms with Gasteiger partial charge in [-0.2, -0.15) is 0 Å². The van der Waals surface area contributed by atoms with Crippen LogP contribution in [0.3, 0.4) is 0 Å². The molecule has 2 rings (SSSR count). The molecule has 1 radical (unpaired) electrons. The lowest BCUT2D eigenvalue weighted by atomic mass is 9.71. The summed E-state index contributed by atoms with van der Waals surface area (Å²) in [4.78, 5) is 0. The molecule has 0 saturated carbocycles. The summed E-state index contributed by atoms with van der Waals surface area (Å²) in [5.41, 5.74) is 8.85. The van der Waals surface area contributed by atoms with Gasteiger partial charge in [0.2, 0.25) is 0 Å². The fourth-order valence-electron chi connectivity index (χ4n) is 4.20. The quantitative estimate of drug-likeness (QED) is 0.481. The van der Waals surface area contributed by atoms with E-state index in [1.165, 1.54) is 33.4 Å². The van der Waals surface area contributed by atoms with Gasteiger partial charge in [0, 0.05) is 6.42 Å². The summed E-state index contributed by atoms with van der Waals surface area (Å²) < 4.78 is 0. The van der Waals surface area contributed by atoms with Crippen molar-refractivity contribution in [2.45, 2.75) is 105 Å². The predicted octanol–water partition coefficient (Wildman–Crippen LogP) is 8.48. The zero-order valence-electron chi connectivity index (χ0n) is 21.0. The molecule has 159 valence electrons. The van der Waals surface area contributed by atoms with Gasteiger partial charge in [0.05, 0.1) is 0 Å². The summed E-state index contributed by atoms with van der Waals surface area (Å²) in [7, 11) is 0. The molecule has 29 heavy (non-hydrogen) atoms. The summed E-state index contributed by atoms with van der Waals surface area (Å²) in [5, 5.41) is 0. The highest BCUT2D eigenvalue weighted by Gasteiger charge is 2.30. The highest BCUT2D eigenvalue weighted by Crippen LogP contribution is 2.41. The normalized spacial score (nSPS) is 13.7. The molecule has 0 aliphatic rings. The summed E-state index contributed by atoms with van der Waals surface area (Å²) in [6.07, 6.45) is 2.50. The molecule has 0 bridgehead atoms. The van der Waals surface area contributed by atoms with Crippen LogP contribution in [0.4, 0.5) is 0 Å². The van der Waals surface area contributed by atoms with Crippen LogP contribution in [0.25, 0.3) is 0 Å². The molecule has 2 aromatic rings. The van der Waals surface area contributed by atoms with Crippen LogP contribution < -0.4 is 0 Å². The van der Waals surface area contributed by atoms with Crippen LogP contribution in [-0.4, -0.2) is 0 Å². The fourth-order valence-corrected chi connectivity index (χ4v) is 4.20. The SMILES string of the molecule is CC(C)(C)c1cccc(C(C)(C)C)c1[CH]c1c(C(C)(C)C)cccc1C(C)(C)C. The van der Waals surface area contributed by atoms with Crippen LogP contribution in [0.1, 0.15) is 116 Å². The van der Waals surface area contributed by atoms with E-state index in [4.69, 9.17) is 0 Å². The smallest absolute Gasteiger partial charge is 0.0211 e. The van der Waals surface area contributed by atoms with Crippen molar-refractivity contribution in [1.29, 1.82) is 0 Å². The molecule has 0 aromatic heterocycles. The van der Waals surface area contributed by atoms with Crippen LogP contribution in [0, 0.1) is 6.42 Å². The van der Waals surface area contributed by atoms with Gasteiger partial charge in [0.15, 0.2) is 0 Å². The second kappa shape index (κ2) is 7.60. The summed E-state index contributed by atoms with van der Waals surface area (Å²) in [6, 6.07) is 13.7. The largest absolute Gasteiger partial charge is 0.0617 e. The molecular formula is C29H43. The second-order valence-corrected chi connectivity index (χ2v) is 12.7. The van der Waals surface area contributed by atoms with Crippen molar-refractivity contribution < 1.29 is 0 Å². The Balaban J connectivity index is 2.88. The highest BCUT2D eigenvalue weighted by molar-refractivity contribution is 5.57. The van der Waals surface area contributed by atoms with Crippen molar-refractivity contribution >= 4 is 0 Å². The van der Waals surface area contributed by atoms with E-state index in [1.54, 1.807) is 0 Å². The third-order valence-electron chi connectivity index (χ3n) is 5.73. The van der Waals surface area contributed by atoms with Crippen LogP contribution >= 0.6 is 0 Å². The fraction of sp³-hybridized carbons (Fsp3) is 0.552. The van der Waals surface area contributed by atoms with E-state index in [9.17, 15) is 0 Å². The molecule has 0 amide bonds. The Morgan fingerprint density at radius 1 is 0.414 bits per heavy atom. The second-order valence-electron chi connectivity index (χ2n) is 12.7. The molecule has 0 spiro atoms. The average molecular weight is 392 g/mol. The topological polar surface area (TPSA) is 0 Å². The van der Waals surface area contributed by atoms with Gasteiger partial charge < -0.3 is 0 Å². The highest BCUT2D eigenvalue weighted by atomic mass is 14.3. The Morgan fingerprint density at radius 2 is 0.621 bits per heavy atom. The number of benzene rings is 2. The lowest BCUT2D eigenvalue weighted by Gasteiger charge is -2.34. The van der Waals surface area contributed by atoms with E-state index in [0.29, 0.717) is 0 Å². The number of hydrogen-bond donors (Lipinski definition) is 0. The Hall–Kier alpha value is -1.56. The zero-order valence-corrected chi connectivity index (χ0v) is 21.0. The first kappa shape index (κ1) is 23.7. The first-order valence-corrected chi connectivity index (χ1v) is 11.1. The standard InChI is InChI=1S/C29H43/c1-26(2,3)22-15-13-16-23(27(4,5)6)20(22)19-21-24(28(7,8)9)17-14-18-25(21)29(10,11)12/h13-19H,1-12H3. The minimum Gasteiger partial charge on any atom is -0.0617 e. The Labute approximate surface area is 181 Å². The van der Waals surface area contributed by atoms with Gasteiger partial charge in [-0.1, -0.05) is 119 Å². The van der Waals surface area contributed by atoms with E-state index >= 15 is 0 Å². The predicted molar refractivity (Wildman–Crippen MR) is 130 cm³/mol. The van der Waals surface area contributed by atoms with E-state index in [1.807, 2.05) is 0 Å². The Morgan fingerprint density at radius 3 is 0.793 bits per heavy atom. The van der Waals surface area contributed by atoms with Crippen molar-refractivity contribution in [2.75, 3.05) is 0 Å². The van der Waals surface area contributed by atoms with E-state index in [0.717, 1.165) is 0 Å². The van der Waals surface area contributed by atoms with Crippen molar-refractivity contribution in [3.8, 4) is 0 Å². The maximum atomic E-state index is 2.50. The number of hydrogen-bond acceptors (Lipinski definition) is 0. The van der Waals surface area contributed by atoms with Crippen molar-refractivity contribution in [3.05, 3.63) is 76.2 Å². The Bertz CT molecular complexity index is 715. The van der Waals surface area contributed by atoms with Gasteiger partial charge in [0.25, 0.3) is 0 Å². The molecule has 2 aromatic carbocycles. The summed E-state index contributed by atoms with van der Waals surface area (Å²) >= 11 is 0. The van der Waals surface area contributed by atoms with Gasteiger partial charge >= 0.3 is 0 Å². The lowest BCUT2D eigenvalue weighted by molar-refractivity contribution is 0.556. The molecule has 0 N–H and O–H groups in total. The molecular weight excluding hydrogens is 348 g/mol. The van der Waals surface area contributed by atoms with Gasteiger partial charge in [-0.3, -0.25) is 0 Å². The van der Waals surface area contributed by atoms with E-state index in [2.05, 4.69) is 126 Å². The van der Waals surface area contributed by atoms with E-state index < -0.39 is 0 Å². The third-order valence-corrected chi connectivity index (χ3v) is 5.73. The lowest BCUT2D eigenvalue weighted by Crippen LogP contribution is -2.24. The van der Waals surface area contributed by atoms with Crippen LogP contribution in [0.2, 0.25) is 0 Å². The monoisotopic (exact) mass is 391 g/mol.